The first-order valence-corrected chi connectivity index (χ1v) is 11.0. The van der Waals surface area contributed by atoms with Crippen LogP contribution in [0.2, 0.25) is 5.02 Å². The number of benzene rings is 3. The lowest BCUT2D eigenvalue weighted by Crippen LogP contribution is -2.14. The quantitative estimate of drug-likeness (QED) is 0.199. The van der Waals surface area contributed by atoms with Gasteiger partial charge in [-0.2, -0.15) is 0 Å². The number of carbonyl (C=O) groups excluding carboxylic acids is 1. The van der Waals surface area contributed by atoms with Crippen molar-refractivity contribution in [3.8, 4) is 16.9 Å². The number of carbonyl (C=O) groups is 1. The number of halogens is 2. The zero-order valence-corrected chi connectivity index (χ0v) is 18.5. The Balaban J connectivity index is 1.64. The summed E-state index contributed by atoms with van der Waals surface area (Å²) >= 11 is 7.14. The van der Waals surface area contributed by atoms with E-state index < -0.39 is 10.7 Å². The van der Waals surface area contributed by atoms with Gasteiger partial charge in [0.15, 0.2) is 5.16 Å². The van der Waals surface area contributed by atoms with Gasteiger partial charge in [0.1, 0.15) is 5.82 Å². The lowest BCUT2D eigenvalue weighted by atomic mass is 10.1. The molecule has 0 fully saturated rings. The van der Waals surface area contributed by atoms with Crippen LogP contribution >= 0.6 is 23.4 Å². The number of imidazole rings is 1. The van der Waals surface area contributed by atoms with E-state index in [0.717, 1.165) is 0 Å². The first-order chi connectivity index (χ1) is 15.9. The van der Waals surface area contributed by atoms with Crippen molar-refractivity contribution in [2.45, 2.75) is 5.16 Å². The Morgan fingerprint density at radius 2 is 1.88 bits per heavy atom. The van der Waals surface area contributed by atoms with Gasteiger partial charge in [0, 0.05) is 34.1 Å². The highest BCUT2D eigenvalue weighted by atomic mass is 35.5. The smallest absolute Gasteiger partial charge is 0.270 e. The molecule has 1 N–H and O–H groups in total. The molecule has 1 amide bonds. The van der Waals surface area contributed by atoms with Crippen LogP contribution in [-0.2, 0) is 4.79 Å². The number of nitrogens with zero attached hydrogens (tertiary/aromatic N) is 3. The van der Waals surface area contributed by atoms with Gasteiger partial charge in [-0.25, -0.2) is 9.37 Å². The summed E-state index contributed by atoms with van der Waals surface area (Å²) in [5, 5.41) is 15.0. The van der Waals surface area contributed by atoms with Gasteiger partial charge in [-0.05, 0) is 42.5 Å². The summed E-state index contributed by atoms with van der Waals surface area (Å²) in [5.41, 5.74) is 2.26. The molecule has 166 valence electrons. The molecule has 33 heavy (non-hydrogen) atoms. The molecule has 0 aliphatic heterocycles. The Morgan fingerprint density at radius 3 is 2.61 bits per heavy atom. The van der Waals surface area contributed by atoms with Gasteiger partial charge in [0.25, 0.3) is 5.69 Å². The molecule has 4 rings (SSSR count). The van der Waals surface area contributed by atoms with Crippen LogP contribution in [-0.4, -0.2) is 26.1 Å². The number of non-ortho nitro benzene ring substituents is 1. The number of hydrogen-bond donors (Lipinski definition) is 1. The second-order valence-electron chi connectivity index (χ2n) is 6.89. The maximum Gasteiger partial charge on any atom is 0.270 e. The van der Waals surface area contributed by atoms with Crippen molar-refractivity contribution in [3.05, 3.63) is 99.9 Å². The summed E-state index contributed by atoms with van der Waals surface area (Å²) in [7, 11) is 0. The van der Waals surface area contributed by atoms with Crippen LogP contribution in [0, 0.1) is 15.9 Å². The normalized spacial score (nSPS) is 10.7. The molecule has 0 saturated carbocycles. The van der Waals surface area contributed by atoms with Crippen molar-refractivity contribution in [2.75, 3.05) is 11.1 Å². The van der Waals surface area contributed by atoms with Gasteiger partial charge in [-0.15, -0.1) is 0 Å². The van der Waals surface area contributed by atoms with Crippen LogP contribution in [0.15, 0.2) is 84.1 Å². The van der Waals surface area contributed by atoms with Crippen molar-refractivity contribution >= 4 is 40.6 Å². The molecule has 4 aromatic rings. The average Bonchev–Trinajstić information content (AvgIpc) is 3.22. The second-order valence-corrected chi connectivity index (χ2v) is 8.27. The van der Waals surface area contributed by atoms with E-state index in [-0.39, 0.29) is 17.3 Å². The zero-order valence-electron chi connectivity index (χ0n) is 16.9. The molecule has 0 aliphatic carbocycles. The van der Waals surface area contributed by atoms with Crippen molar-refractivity contribution in [3.63, 3.8) is 0 Å². The Morgan fingerprint density at radius 1 is 1.12 bits per heavy atom. The van der Waals surface area contributed by atoms with Gasteiger partial charge in [-0.3, -0.25) is 19.5 Å². The Labute approximate surface area is 197 Å². The predicted octanol–water partition coefficient (Wildman–Crippen LogP) is 5.97. The van der Waals surface area contributed by atoms with Crippen molar-refractivity contribution in [1.29, 1.82) is 0 Å². The van der Waals surface area contributed by atoms with Crippen molar-refractivity contribution in [1.82, 2.24) is 9.55 Å². The lowest BCUT2D eigenvalue weighted by molar-refractivity contribution is -0.384. The van der Waals surface area contributed by atoms with Gasteiger partial charge < -0.3 is 5.32 Å². The number of amides is 1. The van der Waals surface area contributed by atoms with E-state index in [1.54, 1.807) is 59.3 Å². The summed E-state index contributed by atoms with van der Waals surface area (Å²) < 4.78 is 15.2. The number of hydrogen-bond acceptors (Lipinski definition) is 5. The maximum absolute atomic E-state index is 13.5. The summed E-state index contributed by atoms with van der Waals surface area (Å²) in [4.78, 5) is 27.6. The third-order valence-electron chi connectivity index (χ3n) is 4.61. The molecular weight excluding hydrogens is 467 g/mol. The largest absolute Gasteiger partial charge is 0.325 e. The van der Waals surface area contributed by atoms with Crippen LogP contribution in [0.1, 0.15) is 0 Å². The fourth-order valence-corrected chi connectivity index (χ4v) is 4.13. The monoisotopic (exact) mass is 482 g/mol. The van der Waals surface area contributed by atoms with Crippen LogP contribution in [0.4, 0.5) is 15.8 Å². The van der Waals surface area contributed by atoms with E-state index in [0.29, 0.717) is 32.8 Å². The Bertz CT molecular complexity index is 1330. The minimum atomic E-state index is -0.474. The first kappa shape index (κ1) is 22.5. The molecule has 0 unspecified atom stereocenters. The standard InChI is InChI=1S/C23H16ClFN4O3S/c24-16-4-2-5-18(12-16)27-22(30)14-33-23-26-13-21(15-3-1-6-20(11-15)29(31)32)28(23)19-9-7-17(25)8-10-19/h1-13H,14H2,(H,27,30). The molecule has 1 aromatic heterocycles. The van der Waals surface area contributed by atoms with E-state index in [4.69, 9.17) is 11.6 Å². The van der Waals surface area contributed by atoms with Crippen LogP contribution in [0.5, 0.6) is 0 Å². The molecule has 0 radical (unpaired) electrons. The number of rotatable bonds is 7. The van der Waals surface area contributed by atoms with Crippen molar-refractivity contribution < 1.29 is 14.1 Å². The third kappa shape index (κ3) is 5.39. The highest BCUT2D eigenvalue weighted by Crippen LogP contribution is 2.31. The van der Waals surface area contributed by atoms with Crippen LogP contribution < -0.4 is 5.32 Å². The molecule has 0 spiro atoms. The maximum atomic E-state index is 13.5. The number of anilines is 1. The Hall–Kier alpha value is -3.69. The fourth-order valence-electron chi connectivity index (χ4n) is 3.15. The number of nitrogens with one attached hydrogen (secondary N) is 1. The highest BCUT2D eigenvalue weighted by molar-refractivity contribution is 7.99. The third-order valence-corrected chi connectivity index (χ3v) is 5.80. The number of aromatic nitrogens is 2. The molecule has 3 aromatic carbocycles. The molecule has 0 bridgehead atoms. The summed E-state index contributed by atoms with van der Waals surface area (Å²) in [6, 6.07) is 18.7. The van der Waals surface area contributed by atoms with Gasteiger partial charge in [-0.1, -0.05) is 41.6 Å². The molecule has 0 saturated heterocycles. The van der Waals surface area contributed by atoms with E-state index in [9.17, 15) is 19.3 Å². The van der Waals surface area contributed by atoms with E-state index in [1.165, 1.54) is 36.0 Å². The van der Waals surface area contributed by atoms with E-state index >= 15 is 0 Å². The minimum absolute atomic E-state index is 0.0547. The van der Waals surface area contributed by atoms with E-state index in [2.05, 4.69) is 10.3 Å². The molecular formula is C23H16ClFN4O3S. The second kappa shape index (κ2) is 9.85. The SMILES string of the molecule is O=C(CSc1ncc(-c2cccc([N+](=O)[O-])c2)n1-c1ccc(F)cc1)Nc1cccc(Cl)c1. The van der Waals surface area contributed by atoms with Crippen molar-refractivity contribution in [2.24, 2.45) is 0 Å². The molecule has 7 nitrogen and oxygen atoms in total. The average molecular weight is 483 g/mol. The molecule has 0 atom stereocenters. The van der Waals surface area contributed by atoms with Gasteiger partial charge >= 0.3 is 0 Å². The lowest BCUT2D eigenvalue weighted by Gasteiger charge is -2.12. The number of nitro benzene ring substituents is 1. The fraction of sp³-hybridized carbons (Fsp3) is 0.0435. The first-order valence-electron chi connectivity index (χ1n) is 9.67. The minimum Gasteiger partial charge on any atom is -0.325 e. The molecule has 1 heterocycles. The van der Waals surface area contributed by atoms with Crippen LogP contribution in [0.25, 0.3) is 16.9 Å². The summed E-state index contributed by atoms with van der Waals surface area (Å²) in [5.74, 6) is -0.599. The Kier molecular flexibility index (Phi) is 6.71. The van der Waals surface area contributed by atoms with E-state index in [1.807, 2.05) is 0 Å². The van der Waals surface area contributed by atoms with Crippen LogP contribution in [0.3, 0.4) is 0 Å². The number of thioether (sulfide) groups is 1. The summed E-state index contributed by atoms with van der Waals surface area (Å²) in [6.07, 6.45) is 1.57. The van der Waals surface area contributed by atoms with Gasteiger partial charge in [0.05, 0.1) is 22.6 Å². The highest BCUT2D eigenvalue weighted by Gasteiger charge is 2.17. The number of nitro groups is 1. The van der Waals surface area contributed by atoms with Gasteiger partial charge in [0.2, 0.25) is 5.91 Å². The topological polar surface area (TPSA) is 90.1 Å². The zero-order chi connectivity index (χ0) is 23.4. The molecule has 10 heteroatoms. The predicted molar refractivity (Wildman–Crippen MR) is 126 cm³/mol. The molecule has 0 aliphatic rings. The summed E-state index contributed by atoms with van der Waals surface area (Å²) in [6.45, 7) is 0.